The second kappa shape index (κ2) is 14.7. The number of benzene rings is 10. The molecule has 312 valence electrons. The van der Waals surface area contributed by atoms with Gasteiger partial charge in [-0.25, -0.2) is 0 Å². The zero-order valence-corrected chi connectivity index (χ0v) is 37.0. The summed E-state index contributed by atoms with van der Waals surface area (Å²) in [7, 11) is 0. The summed E-state index contributed by atoms with van der Waals surface area (Å²) in [4.78, 5) is 4.84. The number of nitrogens with zero attached hydrogens (tertiary/aromatic N) is 2. The van der Waals surface area contributed by atoms with Crippen LogP contribution in [0.2, 0.25) is 0 Å². The van der Waals surface area contributed by atoms with Crippen LogP contribution in [-0.4, -0.2) is 0 Å². The molecule has 1 heterocycles. The molecule has 0 unspecified atom stereocenters. The lowest BCUT2D eigenvalue weighted by Crippen LogP contribution is -2.36. The molecule has 13 rings (SSSR count). The van der Waals surface area contributed by atoms with Crippen molar-refractivity contribution in [2.75, 3.05) is 9.80 Å². The highest BCUT2D eigenvalue weighted by Crippen LogP contribution is 2.64. The number of anilines is 6. The van der Waals surface area contributed by atoms with Crippen LogP contribution in [-0.2, 0) is 10.8 Å². The topological polar surface area (TPSA) is 6.48 Å². The van der Waals surface area contributed by atoms with Gasteiger partial charge in [0.1, 0.15) is 0 Å². The molecule has 1 aliphatic heterocycles. The van der Waals surface area contributed by atoms with Crippen molar-refractivity contribution >= 4 is 34.1 Å². The van der Waals surface area contributed by atoms with Crippen LogP contribution < -0.4 is 9.80 Å². The van der Waals surface area contributed by atoms with Crippen LogP contribution in [0.4, 0.5) is 34.1 Å². The van der Waals surface area contributed by atoms with Crippen LogP contribution in [0.25, 0.3) is 44.5 Å². The average molecular weight is 843 g/mol. The van der Waals surface area contributed by atoms with Crippen molar-refractivity contribution in [1.82, 2.24) is 0 Å². The van der Waals surface area contributed by atoms with Gasteiger partial charge in [-0.05, 0) is 145 Å². The SMILES string of the molecule is CC1(C)c2ccccc2-c2ccc(-c3ccc(-c4ccc(N(c5ccccc5)c5ccc6c(c5)-c5ccccc5C65c6ccccc6N(c6ccccc6)c6ccccc65)cc4)cc3)cc21. The summed E-state index contributed by atoms with van der Waals surface area (Å²) in [5.74, 6) is 0. The van der Waals surface area contributed by atoms with Gasteiger partial charge < -0.3 is 9.80 Å². The van der Waals surface area contributed by atoms with Gasteiger partial charge >= 0.3 is 0 Å². The Morgan fingerprint density at radius 1 is 0.303 bits per heavy atom. The molecule has 3 aliphatic rings. The molecular weight excluding hydrogens is 797 g/mol. The van der Waals surface area contributed by atoms with E-state index in [1.54, 1.807) is 0 Å². The number of hydrogen-bond donors (Lipinski definition) is 0. The van der Waals surface area contributed by atoms with Crippen molar-refractivity contribution in [2.45, 2.75) is 24.7 Å². The summed E-state index contributed by atoms with van der Waals surface area (Å²) in [6.07, 6.45) is 0. The predicted molar refractivity (Wildman–Crippen MR) is 275 cm³/mol. The minimum atomic E-state index is -0.499. The van der Waals surface area contributed by atoms with Gasteiger partial charge in [0.2, 0.25) is 0 Å². The van der Waals surface area contributed by atoms with E-state index in [0.29, 0.717) is 0 Å². The molecule has 0 atom stereocenters. The van der Waals surface area contributed by atoms with Gasteiger partial charge in [-0.2, -0.15) is 0 Å². The van der Waals surface area contributed by atoms with E-state index in [-0.39, 0.29) is 5.41 Å². The summed E-state index contributed by atoms with van der Waals surface area (Å²) in [6.45, 7) is 4.70. The van der Waals surface area contributed by atoms with Gasteiger partial charge in [0.05, 0.1) is 16.8 Å². The van der Waals surface area contributed by atoms with Gasteiger partial charge in [-0.3, -0.25) is 0 Å². The third-order valence-electron chi connectivity index (χ3n) is 14.7. The molecule has 0 fully saturated rings. The maximum Gasteiger partial charge on any atom is 0.0754 e. The molecule has 2 heteroatoms. The Balaban J connectivity index is 0.883. The van der Waals surface area contributed by atoms with Crippen molar-refractivity contribution in [2.24, 2.45) is 0 Å². The van der Waals surface area contributed by atoms with E-state index in [1.165, 1.54) is 89.3 Å². The smallest absolute Gasteiger partial charge is 0.0754 e. The van der Waals surface area contributed by atoms with Crippen LogP contribution in [0, 0.1) is 0 Å². The van der Waals surface area contributed by atoms with Gasteiger partial charge in [-0.1, -0.05) is 190 Å². The maximum absolute atomic E-state index is 2.44. The predicted octanol–water partition coefficient (Wildman–Crippen LogP) is 16.9. The first-order chi connectivity index (χ1) is 32.5. The average Bonchev–Trinajstić information content (AvgIpc) is 3.80. The van der Waals surface area contributed by atoms with E-state index in [4.69, 9.17) is 0 Å². The maximum atomic E-state index is 2.44. The second-order valence-electron chi connectivity index (χ2n) is 18.5. The molecule has 0 bridgehead atoms. The van der Waals surface area contributed by atoms with Crippen molar-refractivity contribution < 1.29 is 0 Å². The Hall–Kier alpha value is -8.20. The van der Waals surface area contributed by atoms with E-state index in [0.717, 1.165) is 22.7 Å². The van der Waals surface area contributed by atoms with Crippen LogP contribution in [0.15, 0.2) is 243 Å². The first kappa shape index (κ1) is 38.3. The van der Waals surface area contributed by atoms with E-state index in [9.17, 15) is 0 Å². The lowest BCUT2D eigenvalue weighted by Gasteiger charge is -2.45. The molecule has 2 aliphatic carbocycles. The molecule has 0 amide bonds. The fourth-order valence-corrected chi connectivity index (χ4v) is 11.7. The molecular formula is C64H46N2. The highest BCUT2D eigenvalue weighted by Gasteiger charge is 2.51. The van der Waals surface area contributed by atoms with Crippen molar-refractivity contribution in [3.8, 4) is 44.5 Å². The number of rotatable bonds is 6. The molecule has 0 radical (unpaired) electrons. The molecule has 0 saturated carbocycles. The van der Waals surface area contributed by atoms with E-state index in [1.807, 2.05) is 0 Å². The fourth-order valence-electron chi connectivity index (χ4n) is 11.7. The molecule has 10 aromatic carbocycles. The molecule has 1 spiro atoms. The molecule has 66 heavy (non-hydrogen) atoms. The lowest BCUT2D eigenvalue weighted by atomic mass is 9.64. The van der Waals surface area contributed by atoms with Crippen LogP contribution in [0.5, 0.6) is 0 Å². The van der Waals surface area contributed by atoms with E-state index in [2.05, 4.69) is 266 Å². The second-order valence-corrected chi connectivity index (χ2v) is 18.5. The molecule has 0 aromatic heterocycles. The fraction of sp³-hybridized carbons (Fsp3) is 0.0625. The summed E-state index contributed by atoms with van der Waals surface area (Å²) >= 11 is 0. The van der Waals surface area contributed by atoms with Crippen molar-refractivity contribution in [1.29, 1.82) is 0 Å². The third kappa shape index (κ3) is 5.55. The van der Waals surface area contributed by atoms with E-state index >= 15 is 0 Å². The Morgan fingerprint density at radius 2 is 0.742 bits per heavy atom. The molecule has 10 aromatic rings. The van der Waals surface area contributed by atoms with Gasteiger partial charge in [0.15, 0.2) is 0 Å². The first-order valence-corrected chi connectivity index (χ1v) is 23.1. The van der Waals surface area contributed by atoms with Crippen LogP contribution in [0.1, 0.15) is 47.2 Å². The highest BCUT2D eigenvalue weighted by molar-refractivity contribution is 5.97. The summed E-state index contributed by atoms with van der Waals surface area (Å²) in [5, 5.41) is 0. The number of para-hydroxylation sites is 4. The van der Waals surface area contributed by atoms with Gasteiger partial charge in [-0.15, -0.1) is 0 Å². The Bertz CT molecular complexity index is 3450. The monoisotopic (exact) mass is 842 g/mol. The standard InChI is InChI=1S/C64H46N2/c1-63(2)55-23-11-9-21-51(55)53-39-35-46(41-60(53)63)45-31-29-43(30-32-45)44-33-36-49(37-34-44)65(47-17-5-3-6-18-47)50-38-40-57-54(42-50)52-22-10-12-24-56(52)64(57)58-25-13-15-27-61(58)66(48-19-7-4-8-20-48)62-28-16-14-26-59(62)64/h3-42H,1-2H3. The molecule has 0 N–H and O–H groups in total. The Kier molecular flexibility index (Phi) is 8.51. The minimum Gasteiger partial charge on any atom is -0.310 e. The largest absolute Gasteiger partial charge is 0.310 e. The summed E-state index contributed by atoms with van der Waals surface area (Å²) in [6, 6.07) is 89.8. The van der Waals surface area contributed by atoms with Crippen molar-refractivity contribution in [3.63, 3.8) is 0 Å². The third-order valence-corrected chi connectivity index (χ3v) is 14.7. The highest BCUT2D eigenvalue weighted by atomic mass is 15.2. The van der Waals surface area contributed by atoms with Gasteiger partial charge in [0, 0.05) is 28.2 Å². The first-order valence-electron chi connectivity index (χ1n) is 23.1. The lowest BCUT2D eigenvalue weighted by molar-refractivity contribution is 0.660. The Morgan fingerprint density at radius 3 is 1.39 bits per heavy atom. The van der Waals surface area contributed by atoms with Crippen molar-refractivity contribution in [3.05, 3.63) is 276 Å². The Labute approximate surface area is 387 Å². The zero-order valence-electron chi connectivity index (χ0n) is 37.0. The zero-order chi connectivity index (χ0) is 44.0. The summed E-state index contributed by atoms with van der Waals surface area (Å²) in [5.41, 5.74) is 24.5. The minimum absolute atomic E-state index is 0.0249. The van der Waals surface area contributed by atoms with Crippen LogP contribution in [0.3, 0.4) is 0 Å². The number of fused-ring (bicyclic) bond motifs is 12. The molecule has 2 nitrogen and oxygen atoms in total. The van der Waals surface area contributed by atoms with E-state index < -0.39 is 5.41 Å². The molecule has 0 saturated heterocycles. The normalized spacial score (nSPS) is 14.1. The van der Waals surface area contributed by atoms with Crippen LogP contribution >= 0.6 is 0 Å². The summed E-state index contributed by atoms with van der Waals surface area (Å²) < 4.78 is 0. The quantitative estimate of drug-likeness (QED) is 0.165. The number of hydrogen-bond acceptors (Lipinski definition) is 2. The van der Waals surface area contributed by atoms with Gasteiger partial charge in [0.25, 0.3) is 0 Å².